The van der Waals surface area contributed by atoms with Crippen LogP contribution in [0.1, 0.15) is 77.5 Å². The molecule has 8 saturated heterocycles. The van der Waals surface area contributed by atoms with Crippen LogP contribution in [-0.2, 0) is 37.9 Å². The summed E-state index contributed by atoms with van der Waals surface area (Å²) in [4.78, 5) is 158. The van der Waals surface area contributed by atoms with Crippen LogP contribution >= 0.6 is 0 Å². The number of nitrogens with zero attached hydrogens (tertiary/aromatic N) is 12. The molecule has 32 atom stereocenters. The monoisotopic (exact) mass is 1950 g/mol. The van der Waals surface area contributed by atoms with E-state index in [2.05, 4.69) is 29.9 Å². The minimum absolute atomic E-state index is 0.0129. The van der Waals surface area contributed by atoms with Crippen LogP contribution in [0.25, 0.3) is 0 Å². The lowest BCUT2D eigenvalue weighted by molar-refractivity contribution is -0.0537. The maximum atomic E-state index is 13.7. The number of nitrogen functional groups attached to an aromatic ring is 4. The van der Waals surface area contributed by atoms with Gasteiger partial charge in [0, 0.05) is 97.5 Å². The number of anilines is 4. The van der Waals surface area contributed by atoms with Crippen molar-refractivity contribution >= 4 is 23.3 Å². The second-order valence-electron chi connectivity index (χ2n) is 31.4. The van der Waals surface area contributed by atoms with Gasteiger partial charge in [0.15, 0.2) is 74.5 Å². The largest absolute Gasteiger partial charge is 0.394 e. The van der Waals surface area contributed by atoms with Gasteiger partial charge in [-0.1, -0.05) is 27.7 Å². The molecule has 56 nitrogen and oxygen atoms in total. The van der Waals surface area contributed by atoms with Crippen molar-refractivity contribution in [2.75, 3.05) is 75.8 Å². The highest BCUT2D eigenvalue weighted by atomic mass is 19.1. The van der Waals surface area contributed by atoms with Crippen LogP contribution in [-0.4, -0.2) is 333 Å². The Bertz CT molecular complexity index is 5330. The lowest BCUT2D eigenvalue weighted by Gasteiger charge is -2.17. The number of hydrogen-bond donors (Lipinski definition) is 24. The van der Waals surface area contributed by atoms with E-state index >= 15 is 0 Å². The van der Waals surface area contributed by atoms with Gasteiger partial charge >= 0.3 is 45.5 Å². The molecule has 8 aliphatic heterocycles. The van der Waals surface area contributed by atoms with Crippen molar-refractivity contribution in [2.24, 2.45) is 23.7 Å². The summed E-state index contributed by atoms with van der Waals surface area (Å²) in [6.07, 6.45) is -21.9. The summed E-state index contributed by atoms with van der Waals surface area (Å²) in [5, 5.41) is 149. The van der Waals surface area contributed by atoms with Crippen LogP contribution < -0.4 is 90.7 Å². The molecule has 0 spiro atoms. The number of ether oxygens (including phenoxy) is 8. The van der Waals surface area contributed by atoms with Gasteiger partial charge in [0.1, 0.15) is 96.5 Å². The first kappa shape index (κ1) is 108. The average molecular weight is 1950 g/mol. The molecule has 0 unspecified atom stereocenters. The molecular formula is C76H104F4N20O36. The highest BCUT2D eigenvalue weighted by Gasteiger charge is 2.51. The third kappa shape index (κ3) is 25.0. The lowest BCUT2D eigenvalue weighted by Crippen LogP contribution is -2.36. The third-order valence-electron chi connectivity index (χ3n) is 22.5. The van der Waals surface area contributed by atoms with Crippen molar-refractivity contribution in [3.63, 3.8) is 0 Å². The predicted molar refractivity (Wildman–Crippen MR) is 449 cm³/mol. The maximum absolute atomic E-state index is 13.7. The molecule has 8 aromatic heterocycles. The van der Waals surface area contributed by atoms with Gasteiger partial charge in [-0.3, -0.25) is 75.7 Å². The van der Waals surface area contributed by atoms with E-state index in [0.29, 0.717) is 0 Å². The Labute approximate surface area is 757 Å². The number of alkyl halides is 4. The average Bonchev–Trinajstić information content (AvgIpc) is 1.70. The summed E-state index contributed by atoms with van der Waals surface area (Å²) in [6.45, 7) is 3.81. The number of aromatic nitrogens is 16. The first-order chi connectivity index (χ1) is 64.3. The number of hydrogen-bond acceptors (Lipinski definition) is 44. The Hall–Kier alpha value is -11.8. The molecule has 8 aromatic rings. The van der Waals surface area contributed by atoms with Crippen molar-refractivity contribution < 1.29 is 137 Å². The molecule has 0 aromatic carbocycles. The first-order valence-electron chi connectivity index (χ1n) is 41.1. The van der Waals surface area contributed by atoms with Gasteiger partial charge in [-0.05, 0) is 24.3 Å². The molecule has 752 valence electrons. The molecule has 0 bridgehead atoms. The normalized spacial score (nSPS) is 32.9. The Kier molecular flexibility index (Phi) is 37.9. The lowest BCUT2D eigenvalue weighted by atomic mass is 10.0. The summed E-state index contributed by atoms with van der Waals surface area (Å²) in [5.41, 5.74) is 13.5. The molecule has 0 amide bonds. The van der Waals surface area contributed by atoms with Gasteiger partial charge in [-0.2, -0.15) is 19.9 Å². The van der Waals surface area contributed by atoms with Crippen molar-refractivity contribution in [3.8, 4) is 0 Å². The number of rotatable bonds is 16. The quantitative estimate of drug-likeness (QED) is 0.0400. The van der Waals surface area contributed by atoms with Crippen molar-refractivity contribution in [1.29, 1.82) is 0 Å². The van der Waals surface area contributed by atoms with Gasteiger partial charge in [-0.25, -0.2) is 55.9 Å². The standard InChI is InChI=1S/2C10H15N3O4.2C10H14N2O5.2C9H12FN3O4.2C9H11FN2O5/c2*1-5-6(4-14)17-9(8(5)15)13-3-2-7(11)12-10(13)16;2*1-5-6(4-13)17-9(8(5)15)12-3-2-7(14)11-10(12)16;10-6-7(15)4(3-14)17-8(6)13-2-1-5(11)12-9(13)16;10-6-4(3-14)17-8(7(6)15)13-2-1-5(11)12-9(13)16;10-6-7(15)4(3-13)17-8(6)12-2-1-5(14)11-9(12)16;10-6-4(3-13)17-8(7(6)15)12-2-1-5(14)11-9(12)16/h2*2-3,5-6,8-9,14-15H,4H2,1H3,(H2,11,12,16);2*2-3,5-6,8-9,13,15H,4H2,1H3,(H,11,14,16);2*1-2,4,6-8,14-15H,3H2,(H2,11,12,16);2*1-2,4,6-8,13,15H,3H2,(H,11,14,16)/t5-,6+,8+,9+;5-,6-,8-,9-;5-,6+,8+,9+;5-,6-,8-,9-;4-,6-,7-,8-;4-,6+,7-,8-;4-,6-,7-,8-;4-,6+,7-,8-/m01011111/s1. The van der Waals surface area contributed by atoms with Gasteiger partial charge in [0.2, 0.25) is 0 Å². The Morgan fingerprint density at radius 2 is 0.434 bits per heavy atom. The molecule has 28 N–H and O–H groups in total. The smallest absolute Gasteiger partial charge is 0.351 e. The molecule has 0 aliphatic carbocycles. The van der Waals surface area contributed by atoms with Crippen molar-refractivity contribution in [1.82, 2.24) is 76.4 Å². The number of aliphatic hydroxyl groups is 16. The second kappa shape index (κ2) is 47.8. The van der Waals surface area contributed by atoms with Crippen molar-refractivity contribution in [2.45, 2.75) is 200 Å². The van der Waals surface area contributed by atoms with Crippen LogP contribution in [0.5, 0.6) is 0 Å². The molecule has 136 heavy (non-hydrogen) atoms. The van der Waals surface area contributed by atoms with Gasteiger partial charge in [0.25, 0.3) is 22.2 Å². The van der Waals surface area contributed by atoms with E-state index in [9.17, 15) is 116 Å². The second-order valence-corrected chi connectivity index (χ2v) is 31.4. The Morgan fingerprint density at radius 1 is 0.257 bits per heavy atom. The minimum Gasteiger partial charge on any atom is -0.394 e. The zero-order valence-electron chi connectivity index (χ0n) is 71.9. The number of halogens is 4. The summed E-state index contributed by atoms with van der Waals surface area (Å²) in [6, 6.07) is 9.99. The molecule has 0 saturated carbocycles. The summed E-state index contributed by atoms with van der Waals surface area (Å²) in [7, 11) is 0. The van der Waals surface area contributed by atoms with Gasteiger partial charge in [0.05, 0.1) is 77.3 Å². The summed E-state index contributed by atoms with van der Waals surface area (Å²) in [5.74, 6) is -0.819. The number of nitrogens with two attached hydrogens (primary N) is 4. The minimum atomic E-state index is -1.85. The molecular weight excluding hydrogens is 1840 g/mol. The molecule has 16 rings (SSSR count). The van der Waals surface area contributed by atoms with E-state index in [0.717, 1.165) is 51.9 Å². The van der Waals surface area contributed by atoms with Gasteiger partial charge < -0.3 is 143 Å². The van der Waals surface area contributed by atoms with E-state index in [-0.39, 0.29) is 73.4 Å². The van der Waals surface area contributed by atoms with Crippen LogP contribution in [0, 0.1) is 23.7 Å². The van der Waals surface area contributed by atoms with Crippen LogP contribution in [0.4, 0.5) is 40.8 Å². The van der Waals surface area contributed by atoms with E-state index in [1.54, 1.807) is 27.7 Å². The highest BCUT2D eigenvalue weighted by Crippen LogP contribution is 2.39. The molecule has 0 radical (unpaired) electrons. The molecule has 16 heterocycles. The van der Waals surface area contributed by atoms with Crippen LogP contribution in [0.15, 0.2) is 156 Å². The molecule has 8 fully saturated rings. The number of aromatic amines is 4. The zero-order valence-corrected chi connectivity index (χ0v) is 71.9. The van der Waals surface area contributed by atoms with Crippen molar-refractivity contribution in [3.05, 3.63) is 223 Å². The van der Waals surface area contributed by atoms with E-state index < -0.39 is 266 Å². The molecule has 8 aliphatic rings. The van der Waals surface area contributed by atoms with Gasteiger partial charge in [-0.15, -0.1) is 0 Å². The fourth-order valence-corrected chi connectivity index (χ4v) is 14.5. The third-order valence-corrected chi connectivity index (χ3v) is 22.5. The van der Waals surface area contributed by atoms with Crippen LogP contribution in [0.2, 0.25) is 0 Å². The van der Waals surface area contributed by atoms with E-state index in [1.165, 1.54) is 82.7 Å². The highest BCUT2D eigenvalue weighted by molar-refractivity contribution is 5.26. The predicted octanol–water partition coefficient (Wildman–Crippen LogP) is -12.6. The fraction of sp³-hybridized carbons (Fsp3) is 0.579. The fourth-order valence-electron chi connectivity index (χ4n) is 14.5. The Morgan fingerprint density at radius 3 is 0.632 bits per heavy atom. The van der Waals surface area contributed by atoms with E-state index in [1.807, 2.05) is 9.97 Å². The molecule has 60 heteroatoms. The SMILES string of the molecule is C[C@@H]1[C@@H](O)[C@H](n2ccc(=O)[nH]c2=O)O[C@@H]1CO.C[C@@H]1[C@@H](O)[C@H](n2ccc(N)nc2=O)O[C@@H]1CO.C[C@H]1[C@@H](O)[C@H](n2ccc(=O)[nH]c2=O)O[C@@H]1CO.C[C@H]1[C@@H](O)[C@H](n2ccc(N)nc2=O)O[C@@H]1CO.Nc1ccn([C@@H]2O[C@H](CO)[C@@H](O)[C@H]2F)c(=O)n1.Nc1ccn([C@@H]2O[C@H](CO)[C@H](F)[C@H]2O)c(=O)n1.O=c1ccn([C@@H]2O[C@H](CO)[C@@H](O)[C@H]2F)c(=O)[nH]1.O=c1ccn([C@@H]2O[C@H](CO)[C@H](F)[C@H]2O)c(=O)[nH]1. The number of aliphatic hydroxyl groups excluding tert-OH is 16. The first-order valence-corrected chi connectivity index (χ1v) is 41.1. The Balaban J connectivity index is 0.000000174. The zero-order chi connectivity index (χ0) is 101. The van der Waals surface area contributed by atoms with E-state index in [4.69, 9.17) is 102 Å². The summed E-state index contributed by atoms with van der Waals surface area (Å²) >= 11 is 0. The maximum Gasteiger partial charge on any atom is 0.351 e. The summed E-state index contributed by atoms with van der Waals surface area (Å²) < 4.78 is 104. The number of H-pyrrole nitrogens is 4. The number of nitrogens with one attached hydrogen (secondary N) is 4. The topological polar surface area (TPSA) is 861 Å². The van der Waals surface area contributed by atoms with Crippen LogP contribution in [0.3, 0.4) is 0 Å².